The second-order valence-corrected chi connectivity index (χ2v) is 5.13. The van der Waals surface area contributed by atoms with Gasteiger partial charge in [0.2, 0.25) is 0 Å². The summed E-state index contributed by atoms with van der Waals surface area (Å²) in [6.07, 6.45) is 9.90. The smallest absolute Gasteiger partial charge is 0.0465 e. The molecule has 1 aromatic heterocycles. The van der Waals surface area contributed by atoms with Gasteiger partial charge in [-0.3, -0.25) is 0 Å². The van der Waals surface area contributed by atoms with E-state index in [2.05, 4.69) is 71.8 Å². The van der Waals surface area contributed by atoms with Crippen molar-refractivity contribution in [2.75, 3.05) is 0 Å². The van der Waals surface area contributed by atoms with Crippen LogP contribution < -0.4 is 0 Å². The van der Waals surface area contributed by atoms with Gasteiger partial charge in [0.1, 0.15) is 0 Å². The van der Waals surface area contributed by atoms with E-state index >= 15 is 0 Å². The van der Waals surface area contributed by atoms with Crippen molar-refractivity contribution in [3.63, 3.8) is 0 Å². The van der Waals surface area contributed by atoms with Crippen LogP contribution in [-0.4, -0.2) is 4.98 Å². The third-order valence-electron chi connectivity index (χ3n) is 3.94. The van der Waals surface area contributed by atoms with Crippen LogP contribution in [0.25, 0.3) is 21.8 Å². The summed E-state index contributed by atoms with van der Waals surface area (Å²) in [5, 5.41) is 2.64. The summed E-state index contributed by atoms with van der Waals surface area (Å²) >= 11 is 0. The summed E-state index contributed by atoms with van der Waals surface area (Å²) in [4.78, 5) is 3.48. The number of hydrogen-bond donors (Lipinski definition) is 1. The van der Waals surface area contributed by atoms with E-state index < -0.39 is 0 Å². The van der Waals surface area contributed by atoms with Crippen molar-refractivity contribution in [3.8, 4) is 0 Å². The van der Waals surface area contributed by atoms with Crippen molar-refractivity contribution in [2.24, 2.45) is 0 Å². The van der Waals surface area contributed by atoms with Gasteiger partial charge in [0, 0.05) is 27.7 Å². The monoisotopic (exact) mass is 245 g/mol. The van der Waals surface area contributed by atoms with E-state index in [1.807, 2.05) is 0 Å². The molecule has 0 aliphatic heterocycles. The van der Waals surface area contributed by atoms with Crippen molar-refractivity contribution in [1.29, 1.82) is 0 Å². The fraction of sp³-hybridized carbons (Fsp3) is 0.111. The summed E-state index contributed by atoms with van der Waals surface area (Å²) in [6, 6.07) is 15.3. The number of allylic oxidation sites excluding steroid dienone is 4. The van der Waals surface area contributed by atoms with Crippen LogP contribution in [0.5, 0.6) is 0 Å². The zero-order chi connectivity index (χ0) is 12.7. The minimum Gasteiger partial charge on any atom is -0.355 e. The lowest BCUT2D eigenvalue weighted by atomic mass is 9.91. The van der Waals surface area contributed by atoms with E-state index in [-0.39, 0.29) is 0 Å². The van der Waals surface area contributed by atoms with E-state index in [1.54, 1.807) is 0 Å². The molecule has 19 heavy (non-hydrogen) atoms. The standard InChI is InChI=1S/C18H15N/c1-2-6-13(7-3-1)14-10-11-18-16(12-14)15-8-4-5-9-17(15)19-18/h1-6,8-13,19H,7H2. The largest absolute Gasteiger partial charge is 0.355 e. The van der Waals surface area contributed by atoms with Crippen molar-refractivity contribution in [2.45, 2.75) is 12.3 Å². The lowest BCUT2D eigenvalue weighted by molar-refractivity contribution is 0.855. The molecule has 1 heteroatoms. The van der Waals surface area contributed by atoms with Gasteiger partial charge in [0.05, 0.1) is 0 Å². The van der Waals surface area contributed by atoms with Gasteiger partial charge in [-0.05, 0) is 30.2 Å². The molecule has 4 rings (SSSR count). The highest BCUT2D eigenvalue weighted by Gasteiger charge is 2.10. The number of fused-ring (bicyclic) bond motifs is 3. The summed E-state index contributed by atoms with van der Waals surface area (Å²) in [5.41, 5.74) is 3.84. The SMILES string of the molecule is C1=CCC(c2ccc3[nH]c4ccccc4c3c2)C=C1. The van der Waals surface area contributed by atoms with Crippen LogP contribution in [0.3, 0.4) is 0 Å². The Morgan fingerprint density at radius 2 is 1.79 bits per heavy atom. The van der Waals surface area contributed by atoms with Gasteiger partial charge in [-0.25, -0.2) is 0 Å². The molecule has 1 heterocycles. The lowest BCUT2D eigenvalue weighted by Gasteiger charge is -2.13. The van der Waals surface area contributed by atoms with Gasteiger partial charge in [0.25, 0.3) is 0 Å². The first-order valence-corrected chi connectivity index (χ1v) is 6.75. The van der Waals surface area contributed by atoms with Gasteiger partial charge in [0.15, 0.2) is 0 Å². The van der Waals surface area contributed by atoms with Crippen LogP contribution in [0.1, 0.15) is 17.9 Å². The molecule has 3 aromatic rings. The predicted octanol–water partition coefficient (Wildman–Crippen LogP) is 4.92. The highest BCUT2D eigenvalue weighted by atomic mass is 14.7. The number of aromatic nitrogens is 1. The first-order chi connectivity index (χ1) is 9.42. The van der Waals surface area contributed by atoms with E-state index in [9.17, 15) is 0 Å². The Kier molecular flexibility index (Phi) is 2.31. The van der Waals surface area contributed by atoms with Crippen LogP contribution in [0.4, 0.5) is 0 Å². The van der Waals surface area contributed by atoms with Crippen LogP contribution in [0.15, 0.2) is 66.8 Å². The fourth-order valence-electron chi connectivity index (χ4n) is 2.92. The number of rotatable bonds is 1. The maximum Gasteiger partial charge on any atom is 0.0465 e. The average Bonchev–Trinajstić information content (AvgIpc) is 2.86. The predicted molar refractivity (Wildman–Crippen MR) is 81.4 cm³/mol. The Bertz CT molecular complexity index is 805. The topological polar surface area (TPSA) is 15.8 Å². The molecular weight excluding hydrogens is 230 g/mol. The molecule has 1 atom stereocenters. The zero-order valence-corrected chi connectivity index (χ0v) is 10.6. The summed E-state index contributed by atoms with van der Waals surface area (Å²) in [7, 11) is 0. The highest BCUT2D eigenvalue weighted by molar-refractivity contribution is 6.07. The second kappa shape index (κ2) is 4.13. The number of benzene rings is 2. The molecule has 1 unspecified atom stereocenters. The molecule has 2 aromatic carbocycles. The van der Waals surface area contributed by atoms with Crippen LogP contribution in [0.2, 0.25) is 0 Å². The summed E-state index contributed by atoms with van der Waals surface area (Å²) < 4.78 is 0. The lowest BCUT2D eigenvalue weighted by Crippen LogP contribution is -1.95. The maximum absolute atomic E-state index is 3.48. The Morgan fingerprint density at radius 3 is 2.68 bits per heavy atom. The molecule has 0 radical (unpaired) electrons. The van der Waals surface area contributed by atoms with E-state index in [1.165, 1.54) is 27.4 Å². The fourth-order valence-corrected chi connectivity index (χ4v) is 2.92. The number of hydrogen-bond acceptors (Lipinski definition) is 0. The molecule has 1 aliphatic rings. The van der Waals surface area contributed by atoms with E-state index in [0.29, 0.717) is 5.92 Å². The molecule has 1 N–H and O–H groups in total. The van der Waals surface area contributed by atoms with Gasteiger partial charge < -0.3 is 4.98 Å². The zero-order valence-electron chi connectivity index (χ0n) is 10.6. The second-order valence-electron chi connectivity index (χ2n) is 5.13. The van der Waals surface area contributed by atoms with Gasteiger partial charge >= 0.3 is 0 Å². The normalized spacial score (nSPS) is 18.4. The Balaban J connectivity index is 1.92. The molecule has 0 saturated carbocycles. The van der Waals surface area contributed by atoms with Crippen molar-refractivity contribution >= 4 is 21.8 Å². The van der Waals surface area contributed by atoms with Crippen molar-refractivity contribution in [1.82, 2.24) is 4.98 Å². The summed E-state index contributed by atoms with van der Waals surface area (Å²) in [6.45, 7) is 0. The van der Waals surface area contributed by atoms with Gasteiger partial charge in [-0.2, -0.15) is 0 Å². The molecular formula is C18H15N. The molecule has 0 amide bonds. The van der Waals surface area contributed by atoms with Crippen molar-refractivity contribution in [3.05, 3.63) is 72.3 Å². The van der Waals surface area contributed by atoms with Crippen LogP contribution >= 0.6 is 0 Å². The minimum absolute atomic E-state index is 0.517. The molecule has 0 saturated heterocycles. The van der Waals surface area contributed by atoms with Gasteiger partial charge in [-0.1, -0.05) is 48.6 Å². The third-order valence-corrected chi connectivity index (χ3v) is 3.94. The van der Waals surface area contributed by atoms with Gasteiger partial charge in [-0.15, -0.1) is 0 Å². The first kappa shape index (κ1) is 10.6. The quantitative estimate of drug-likeness (QED) is 0.626. The summed E-state index contributed by atoms with van der Waals surface area (Å²) in [5.74, 6) is 0.517. The van der Waals surface area contributed by atoms with E-state index in [0.717, 1.165) is 6.42 Å². The Morgan fingerprint density at radius 1 is 0.895 bits per heavy atom. The highest BCUT2D eigenvalue weighted by Crippen LogP contribution is 2.31. The molecule has 0 bridgehead atoms. The third kappa shape index (κ3) is 1.70. The van der Waals surface area contributed by atoms with Crippen molar-refractivity contribution < 1.29 is 0 Å². The van der Waals surface area contributed by atoms with Crippen LogP contribution in [-0.2, 0) is 0 Å². The molecule has 1 nitrogen and oxygen atoms in total. The maximum atomic E-state index is 3.48. The van der Waals surface area contributed by atoms with E-state index in [4.69, 9.17) is 0 Å². The average molecular weight is 245 g/mol. The Labute approximate surface area is 112 Å². The number of aromatic amines is 1. The molecule has 1 aliphatic carbocycles. The Hall–Kier alpha value is -2.28. The molecule has 92 valence electrons. The minimum atomic E-state index is 0.517. The number of nitrogens with one attached hydrogen (secondary N) is 1. The van der Waals surface area contributed by atoms with Crippen LogP contribution in [0, 0.1) is 0 Å². The number of H-pyrrole nitrogens is 1. The molecule has 0 spiro atoms. The molecule has 0 fully saturated rings. The number of para-hydroxylation sites is 1. The first-order valence-electron chi connectivity index (χ1n) is 6.75.